The number of nitrogen functional groups attached to an aromatic ring is 1. The molecule has 0 aliphatic heterocycles. The van der Waals surface area contributed by atoms with Crippen LogP contribution in [0.3, 0.4) is 0 Å². The van der Waals surface area contributed by atoms with Gasteiger partial charge in [0, 0.05) is 11.7 Å². The van der Waals surface area contributed by atoms with Crippen molar-refractivity contribution in [1.82, 2.24) is 5.32 Å². The molecular formula is C21H18F4N2. The monoisotopic (exact) mass is 374 g/mol. The highest BCUT2D eigenvalue weighted by Crippen LogP contribution is 2.28. The average Bonchev–Trinajstić information content (AvgIpc) is 2.64. The lowest BCUT2D eigenvalue weighted by Gasteiger charge is -2.25. The van der Waals surface area contributed by atoms with Gasteiger partial charge in [-0.25, -0.2) is 17.6 Å². The Kier molecular flexibility index (Phi) is 5.46. The molecule has 0 aliphatic rings. The van der Waals surface area contributed by atoms with E-state index in [2.05, 4.69) is 5.32 Å². The highest BCUT2D eigenvalue weighted by molar-refractivity contribution is 5.44. The van der Waals surface area contributed by atoms with Gasteiger partial charge in [0.05, 0.1) is 6.04 Å². The topological polar surface area (TPSA) is 38.0 Å². The van der Waals surface area contributed by atoms with Crippen molar-refractivity contribution in [2.45, 2.75) is 19.0 Å². The fourth-order valence-corrected chi connectivity index (χ4v) is 2.95. The summed E-state index contributed by atoms with van der Waals surface area (Å²) in [6.45, 7) is 1.70. The molecule has 3 rings (SSSR count). The third-order valence-corrected chi connectivity index (χ3v) is 4.37. The van der Waals surface area contributed by atoms with Crippen molar-refractivity contribution >= 4 is 5.69 Å². The van der Waals surface area contributed by atoms with Gasteiger partial charge in [-0.05, 0) is 60.0 Å². The van der Waals surface area contributed by atoms with Crippen LogP contribution in [0, 0.1) is 23.3 Å². The van der Waals surface area contributed by atoms with Crippen LogP contribution in [0.1, 0.15) is 35.7 Å². The molecule has 0 aliphatic carbocycles. The number of halogens is 4. The number of nitrogens with one attached hydrogen (secondary N) is 1. The Hall–Kier alpha value is -2.86. The molecule has 0 bridgehead atoms. The zero-order valence-electron chi connectivity index (χ0n) is 14.5. The van der Waals surface area contributed by atoms with Crippen LogP contribution in [-0.4, -0.2) is 0 Å². The molecular weight excluding hydrogens is 356 g/mol. The van der Waals surface area contributed by atoms with Crippen LogP contribution >= 0.6 is 0 Å². The predicted molar refractivity (Wildman–Crippen MR) is 97.0 cm³/mol. The molecule has 2 nitrogen and oxygen atoms in total. The van der Waals surface area contributed by atoms with Gasteiger partial charge in [0.25, 0.3) is 0 Å². The maximum absolute atomic E-state index is 13.6. The van der Waals surface area contributed by atoms with Gasteiger partial charge in [-0.1, -0.05) is 24.3 Å². The smallest absolute Gasteiger partial charge is 0.194 e. The molecule has 27 heavy (non-hydrogen) atoms. The predicted octanol–water partition coefficient (Wildman–Crippen LogP) is 5.27. The second-order valence-electron chi connectivity index (χ2n) is 6.34. The first-order valence-electron chi connectivity index (χ1n) is 8.36. The van der Waals surface area contributed by atoms with Crippen molar-refractivity contribution < 1.29 is 17.6 Å². The maximum atomic E-state index is 13.6. The Labute approximate surface area is 154 Å². The summed E-state index contributed by atoms with van der Waals surface area (Å²) < 4.78 is 53.7. The second-order valence-corrected chi connectivity index (χ2v) is 6.34. The molecule has 0 spiro atoms. The quantitative estimate of drug-likeness (QED) is 0.363. The van der Waals surface area contributed by atoms with Crippen LogP contribution in [-0.2, 0) is 0 Å². The van der Waals surface area contributed by atoms with E-state index in [0.717, 1.165) is 23.3 Å². The van der Waals surface area contributed by atoms with Crippen molar-refractivity contribution in [3.05, 3.63) is 101 Å². The van der Waals surface area contributed by atoms with Crippen LogP contribution in [0.15, 0.2) is 60.7 Å². The van der Waals surface area contributed by atoms with E-state index in [1.807, 2.05) is 6.07 Å². The molecule has 3 N–H and O–H groups in total. The van der Waals surface area contributed by atoms with Crippen LogP contribution in [0.2, 0.25) is 0 Å². The number of rotatable bonds is 5. The number of hydrogen-bond donors (Lipinski definition) is 2. The molecule has 2 atom stereocenters. The molecule has 0 radical (unpaired) electrons. The fourth-order valence-electron chi connectivity index (χ4n) is 2.95. The zero-order chi connectivity index (χ0) is 19.6. The molecule has 0 heterocycles. The average molecular weight is 374 g/mol. The van der Waals surface area contributed by atoms with E-state index in [9.17, 15) is 17.6 Å². The summed E-state index contributed by atoms with van der Waals surface area (Å²) in [5.41, 5.74) is 8.22. The summed E-state index contributed by atoms with van der Waals surface area (Å²) >= 11 is 0. The van der Waals surface area contributed by atoms with E-state index in [1.165, 1.54) is 12.1 Å². The fraction of sp³-hybridized carbons (Fsp3) is 0.143. The first kappa shape index (κ1) is 18.9. The van der Waals surface area contributed by atoms with Gasteiger partial charge in [0.15, 0.2) is 17.5 Å². The lowest BCUT2D eigenvalue weighted by Crippen LogP contribution is -2.26. The van der Waals surface area contributed by atoms with Gasteiger partial charge >= 0.3 is 0 Å². The minimum Gasteiger partial charge on any atom is -0.399 e. The van der Waals surface area contributed by atoms with Crippen molar-refractivity contribution in [3.63, 3.8) is 0 Å². The highest BCUT2D eigenvalue weighted by atomic mass is 19.2. The Morgan fingerprint density at radius 1 is 0.778 bits per heavy atom. The number of hydrogen-bond acceptors (Lipinski definition) is 2. The minimum atomic E-state index is -1.50. The molecule has 0 fully saturated rings. The van der Waals surface area contributed by atoms with E-state index in [1.54, 1.807) is 37.3 Å². The van der Waals surface area contributed by atoms with Gasteiger partial charge in [-0.15, -0.1) is 0 Å². The van der Waals surface area contributed by atoms with Crippen molar-refractivity contribution in [2.24, 2.45) is 0 Å². The lowest BCUT2D eigenvalue weighted by molar-refractivity contribution is 0.438. The zero-order valence-corrected chi connectivity index (χ0v) is 14.5. The summed E-state index contributed by atoms with van der Waals surface area (Å²) in [7, 11) is 0. The maximum Gasteiger partial charge on any atom is 0.194 e. The molecule has 1 unspecified atom stereocenters. The third-order valence-electron chi connectivity index (χ3n) is 4.37. The first-order valence-corrected chi connectivity index (χ1v) is 8.36. The molecule has 140 valence electrons. The Balaban J connectivity index is 1.97. The number of anilines is 1. The van der Waals surface area contributed by atoms with Crippen LogP contribution < -0.4 is 11.1 Å². The number of nitrogens with two attached hydrogens (primary N) is 1. The largest absolute Gasteiger partial charge is 0.399 e. The SMILES string of the molecule is C[C@@H](NC(c1ccc(F)cc1)c1cccc(N)c1)c1cc(F)c(F)c(F)c1. The summed E-state index contributed by atoms with van der Waals surface area (Å²) in [6.07, 6.45) is 0. The van der Waals surface area contributed by atoms with Gasteiger partial charge in [0.2, 0.25) is 0 Å². The van der Waals surface area contributed by atoms with Gasteiger partial charge < -0.3 is 5.73 Å². The standard InChI is InChI=1S/C21H18F4N2/c1-12(15-10-18(23)20(25)19(24)11-15)27-21(13-5-7-16(22)8-6-13)14-3-2-4-17(26)9-14/h2-12,21,27H,26H2,1H3/t12-,21?/m1/s1. The Bertz CT molecular complexity index is 918. The van der Waals surface area contributed by atoms with E-state index in [-0.39, 0.29) is 11.4 Å². The normalized spacial score (nSPS) is 13.4. The Morgan fingerprint density at radius 2 is 1.41 bits per heavy atom. The molecule has 0 amide bonds. The van der Waals surface area contributed by atoms with Crippen LogP contribution in [0.5, 0.6) is 0 Å². The van der Waals surface area contributed by atoms with E-state index in [4.69, 9.17) is 5.73 Å². The molecule has 0 saturated heterocycles. The summed E-state index contributed by atoms with van der Waals surface area (Å²) in [4.78, 5) is 0. The van der Waals surface area contributed by atoms with Crippen molar-refractivity contribution in [2.75, 3.05) is 5.73 Å². The van der Waals surface area contributed by atoms with E-state index >= 15 is 0 Å². The summed E-state index contributed by atoms with van der Waals surface area (Å²) in [5, 5.41) is 3.25. The molecule has 3 aromatic rings. The van der Waals surface area contributed by atoms with E-state index < -0.39 is 29.5 Å². The van der Waals surface area contributed by atoms with Gasteiger partial charge in [0.1, 0.15) is 5.82 Å². The lowest BCUT2D eigenvalue weighted by atomic mass is 9.96. The highest BCUT2D eigenvalue weighted by Gasteiger charge is 2.20. The third kappa shape index (κ3) is 4.28. The van der Waals surface area contributed by atoms with Gasteiger partial charge in [-0.2, -0.15) is 0 Å². The summed E-state index contributed by atoms with van der Waals surface area (Å²) in [6, 6.07) is 14.0. The second kappa shape index (κ2) is 7.80. The molecule has 0 aromatic heterocycles. The molecule has 0 saturated carbocycles. The minimum absolute atomic E-state index is 0.252. The Morgan fingerprint density at radius 3 is 2.00 bits per heavy atom. The van der Waals surface area contributed by atoms with E-state index in [0.29, 0.717) is 5.69 Å². The van der Waals surface area contributed by atoms with Crippen molar-refractivity contribution in [1.29, 1.82) is 0 Å². The van der Waals surface area contributed by atoms with Crippen LogP contribution in [0.25, 0.3) is 0 Å². The van der Waals surface area contributed by atoms with Crippen molar-refractivity contribution in [3.8, 4) is 0 Å². The van der Waals surface area contributed by atoms with Gasteiger partial charge in [-0.3, -0.25) is 5.32 Å². The molecule has 3 aromatic carbocycles. The number of benzene rings is 3. The molecule has 6 heteroatoms. The summed E-state index contributed by atoms with van der Waals surface area (Å²) in [5.74, 6) is -4.38. The first-order chi connectivity index (χ1) is 12.8. The van der Waals surface area contributed by atoms with Crippen LogP contribution in [0.4, 0.5) is 23.2 Å².